The second kappa shape index (κ2) is 10.0. The number of carboxylic acids is 1. The highest BCUT2D eigenvalue weighted by atomic mass is 32.2. The van der Waals surface area contributed by atoms with Gasteiger partial charge in [0, 0.05) is 21.2 Å². The van der Waals surface area contributed by atoms with Gasteiger partial charge in [0.05, 0.1) is 15.7 Å². The van der Waals surface area contributed by atoms with E-state index in [0.29, 0.717) is 0 Å². The van der Waals surface area contributed by atoms with Gasteiger partial charge in [-0.3, -0.25) is 9.57 Å². The SMILES string of the molecule is N=S(=O)(CCC(c1ccc(S(=O)(=O)c2ccccc2)cc1)C(F)(F)F)CC[C@H](N)C(=O)O. The van der Waals surface area contributed by atoms with Crippen molar-refractivity contribution in [1.29, 1.82) is 4.78 Å². The molecule has 2 aromatic carbocycles. The van der Waals surface area contributed by atoms with Crippen molar-refractivity contribution in [1.82, 2.24) is 0 Å². The van der Waals surface area contributed by atoms with Gasteiger partial charge in [-0.05, 0) is 42.7 Å². The first-order valence-electron chi connectivity index (χ1n) is 9.43. The molecule has 0 bridgehead atoms. The van der Waals surface area contributed by atoms with Crippen molar-refractivity contribution < 1.29 is 35.7 Å². The van der Waals surface area contributed by atoms with Gasteiger partial charge in [-0.25, -0.2) is 12.6 Å². The number of sulfone groups is 1. The van der Waals surface area contributed by atoms with Crippen LogP contribution in [0.1, 0.15) is 24.3 Å². The molecular formula is C20H23F3N2O5S2. The number of hydrogen-bond acceptors (Lipinski definition) is 6. The summed E-state index contributed by atoms with van der Waals surface area (Å²) in [5, 5.41) is 8.73. The van der Waals surface area contributed by atoms with E-state index in [9.17, 15) is 30.6 Å². The van der Waals surface area contributed by atoms with Crippen molar-refractivity contribution in [2.24, 2.45) is 5.73 Å². The largest absolute Gasteiger partial charge is 0.480 e. The molecule has 0 saturated carbocycles. The molecule has 7 nitrogen and oxygen atoms in total. The molecule has 0 aromatic heterocycles. The smallest absolute Gasteiger partial charge is 0.395 e. The van der Waals surface area contributed by atoms with Crippen LogP contribution < -0.4 is 5.73 Å². The Labute approximate surface area is 184 Å². The van der Waals surface area contributed by atoms with E-state index in [1.165, 1.54) is 24.3 Å². The Bertz CT molecular complexity index is 1130. The van der Waals surface area contributed by atoms with Gasteiger partial charge in [-0.2, -0.15) is 13.2 Å². The summed E-state index contributed by atoms with van der Waals surface area (Å²) in [6, 6.07) is 10.4. The van der Waals surface area contributed by atoms with E-state index in [1.54, 1.807) is 6.07 Å². The summed E-state index contributed by atoms with van der Waals surface area (Å²) in [7, 11) is -7.37. The Morgan fingerprint density at radius 3 is 1.94 bits per heavy atom. The van der Waals surface area contributed by atoms with Crippen molar-refractivity contribution in [3.8, 4) is 0 Å². The first-order chi connectivity index (χ1) is 14.7. The molecule has 0 fully saturated rings. The highest BCUT2D eigenvalue weighted by molar-refractivity contribution is 7.92. The fourth-order valence-electron chi connectivity index (χ4n) is 2.99. The van der Waals surface area contributed by atoms with Gasteiger partial charge >= 0.3 is 12.1 Å². The molecule has 2 aromatic rings. The van der Waals surface area contributed by atoms with Gasteiger partial charge in [-0.15, -0.1) is 0 Å². The lowest BCUT2D eigenvalue weighted by atomic mass is 9.96. The summed E-state index contributed by atoms with van der Waals surface area (Å²) >= 11 is 0. The zero-order valence-electron chi connectivity index (χ0n) is 16.8. The lowest BCUT2D eigenvalue weighted by Crippen LogP contribution is -2.32. The minimum absolute atomic E-state index is 0.00800. The monoisotopic (exact) mass is 492 g/mol. The third kappa shape index (κ3) is 6.78. The molecule has 2 rings (SSSR count). The van der Waals surface area contributed by atoms with Gasteiger partial charge < -0.3 is 10.8 Å². The number of carbonyl (C=O) groups is 1. The minimum atomic E-state index is -4.72. The standard InChI is InChI=1S/C20H23F3N2O5S2/c21-20(22,23)17(10-12-31(25,28)13-11-18(24)19(26)27)14-6-8-16(9-7-14)32(29,30)15-4-2-1-3-5-15/h1-9,17-18,25H,10-13,24H2,(H,26,27)/t17?,18-,31?/m0/s1. The topological polar surface area (TPSA) is 138 Å². The number of alkyl halides is 3. The summed E-state index contributed by atoms with van der Waals surface area (Å²) in [5.41, 5.74) is 5.07. The van der Waals surface area contributed by atoms with Gasteiger partial charge in [0.25, 0.3) is 0 Å². The molecular weight excluding hydrogens is 469 g/mol. The maximum absolute atomic E-state index is 13.6. The molecule has 3 atom stereocenters. The molecule has 0 saturated heterocycles. The summed E-state index contributed by atoms with van der Waals surface area (Å²) in [6.07, 6.45) is -5.67. The molecule has 0 heterocycles. The number of hydrogen-bond donors (Lipinski definition) is 3. The minimum Gasteiger partial charge on any atom is -0.480 e. The van der Waals surface area contributed by atoms with Crippen LogP contribution in [0.2, 0.25) is 0 Å². The Morgan fingerprint density at radius 1 is 0.938 bits per heavy atom. The first-order valence-corrected chi connectivity index (χ1v) is 12.8. The average molecular weight is 493 g/mol. The number of benzene rings is 2. The number of rotatable bonds is 10. The molecule has 0 amide bonds. The quantitative estimate of drug-likeness (QED) is 0.465. The van der Waals surface area contributed by atoms with Crippen LogP contribution in [-0.4, -0.2) is 47.4 Å². The van der Waals surface area contributed by atoms with Crippen molar-refractivity contribution >= 4 is 25.5 Å². The maximum Gasteiger partial charge on any atom is 0.395 e. The lowest BCUT2D eigenvalue weighted by molar-refractivity contribution is -0.150. The predicted molar refractivity (Wildman–Crippen MR) is 113 cm³/mol. The molecule has 2 unspecified atom stereocenters. The van der Waals surface area contributed by atoms with Crippen LogP contribution in [-0.2, 0) is 24.4 Å². The Morgan fingerprint density at radius 2 is 1.44 bits per heavy atom. The van der Waals surface area contributed by atoms with E-state index in [1.807, 2.05) is 0 Å². The summed E-state index contributed by atoms with van der Waals surface area (Å²) in [6.45, 7) is 0. The maximum atomic E-state index is 13.6. The number of halogens is 3. The Hall–Kier alpha value is -2.44. The van der Waals surface area contributed by atoms with E-state index in [2.05, 4.69) is 0 Å². The van der Waals surface area contributed by atoms with Crippen LogP contribution >= 0.6 is 0 Å². The second-order valence-electron chi connectivity index (χ2n) is 7.22. The average Bonchev–Trinajstić information content (AvgIpc) is 2.72. The van der Waals surface area contributed by atoms with Crippen molar-refractivity contribution in [3.63, 3.8) is 0 Å². The zero-order chi connectivity index (χ0) is 24.2. The second-order valence-corrected chi connectivity index (χ2v) is 11.6. The Kier molecular flexibility index (Phi) is 8.07. The summed E-state index contributed by atoms with van der Waals surface area (Å²) < 4.78 is 86.2. The zero-order valence-corrected chi connectivity index (χ0v) is 18.4. The molecule has 0 radical (unpaired) electrons. The molecule has 12 heteroatoms. The third-order valence-electron chi connectivity index (χ3n) is 4.85. The van der Waals surface area contributed by atoms with Crippen LogP contribution in [0.4, 0.5) is 13.2 Å². The van der Waals surface area contributed by atoms with Crippen molar-refractivity contribution in [2.45, 2.75) is 40.8 Å². The number of nitrogens with one attached hydrogen (secondary N) is 1. The van der Waals surface area contributed by atoms with Crippen LogP contribution in [0.5, 0.6) is 0 Å². The van der Waals surface area contributed by atoms with Crippen LogP contribution in [0, 0.1) is 4.78 Å². The third-order valence-corrected chi connectivity index (χ3v) is 8.43. The van der Waals surface area contributed by atoms with Gasteiger partial charge in [0.2, 0.25) is 9.84 Å². The van der Waals surface area contributed by atoms with E-state index in [-0.39, 0.29) is 21.8 Å². The molecule has 176 valence electrons. The number of carboxylic acid groups (broad SMARTS) is 1. The first kappa shape index (κ1) is 25.8. The molecule has 0 aliphatic carbocycles. The van der Waals surface area contributed by atoms with Gasteiger partial charge in [-0.1, -0.05) is 30.3 Å². The van der Waals surface area contributed by atoms with E-state index in [4.69, 9.17) is 15.6 Å². The lowest BCUT2D eigenvalue weighted by Gasteiger charge is -2.21. The fraction of sp³-hybridized carbons (Fsp3) is 0.350. The molecule has 4 N–H and O–H groups in total. The van der Waals surface area contributed by atoms with Crippen LogP contribution in [0.15, 0.2) is 64.4 Å². The molecule has 32 heavy (non-hydrogen) atoms. The van der Waals surface area contributed by atoms with Crippen molar-refractivity contribution in [2.75, 3.05) is 11.5 Å². The van der Waals surface area contributed by atoms with Crippen LogP contribution in [0.3, 0.4) is 0 Å². The highest BCUT2D eigenvalue weighted by Gasteiger charge is 2.41. The Balaban J connectivity index is 2.19. The van der Waals surface area contributed by atoms with Crippen molar-refractivity contribution in [3.05, 3.63) is 60.2 Å². The normalized spacial score (nSPS) is 16.1. The van der Waals surface area contributed by atoms with E-state index < -0.39 is 61.6 Å². The van der Waals surface area contributed by atoms with Gasteiger partial charge in [0.15, 0.2) is 0 Å². The van der Waals surface area contributed by atoms with E-state index in [0.717, 1.165) is 24.3 Å². The molecule has 0 aliphatic rings. The fourth-order valence-corrected chi connectivity index (χ4v) is 5.72. The summed E-state index contributed by atoms with van der Waals surface area (Å²) in [4.78, 5) is 10.6. The number of aliphatic carboxylic acids is 1. The van der Waals surface area contributed by atoms with E-state index >= 15 is 0 Å². The van der Waals surface area contributed by atoms with Gasteiger partial charge in [0.1, 0.15) is 6.04 Å². The summed E-state index contributed by atoms with van der Waals surface area (Å²) in [5.74, 6) is -4.44. The van der Waals surface area contributed by atoms with Crippen LogP contribution in [0.25, 0.3) is 0 Å². The molecule has 0 spiro atoms. The predicted octanol–water partition coefficient (Wildman–Crippen LogP) is 3.40. The number of nitrogens with two attached hydrogens (primary N) is 1. The highest BCUT2D eigenvalue weighted by Crippen LogP contribution is 2.38. The molecule has 0 aliphatic heterocycles.